The van der Waals surface area contributed by atoms with Crippen molar-refractivity contribution < 1.29 is 0 Å². The summed E-state index contributed by atoms with van der Waals surface area (Å²) in [6.45, 7) is 5.81. The number of fused-ring (bicyclic) bond motifs is 1. The van der Waals surface area contributed by atoms with Gasteiger partial charge in [-0.05, 0) is 18.4 Å². The third kappa shape index (κ3) is 2.05. The Morgan fingerprint density at radius 1 is 1.69 bits per heavy atom. The monoisotopic (exact) mass is 252 g/mol. The average molecular weight is 252 g/mol. The molecule has 5 heteroatoms. The van der Waals surface area contributed by atoms with Crippen molar-refractivity contribution in [2.75, 3.05) is 5.75 Å². The van der Waals surface area contributed by atoms with Gasteiger partial charge in [-0.15, -0.1) is 11.3 Å². The third-order valence-electron chi connectivity index (χ3n) is 2.11. The van der Waals surface area contributed by atoms with Gasteiger partial charge >= 0.3 is 0 Å². The summed E-state index contributed by atoms with van der Waals surface area (Å²) in [5.74, 6) is 0.789. The van der Waals surface area contributed by atoms with Crippen LogP contribution in [0.5, 0.6) is 0 Å². The summed E-state index contributed by atoms with van der Waals surface area (Å²) in [5, 5.41) is 3.35. The van der Waals surface area contributed by atoms with Crippen molar-refractivity contribution in [3.63, 3.8) is 0 Å². The molecule has 0 spiro atoms. The van der Waals surface area contributed by atoms with Gasteiger partial charge in [0.1, 0.15) is 4.83 Å². The highest BCUT2D eigenvalue weighted by Gasteiger charge is 2.09. The largest absolute Gasteiger partial charge is 0.290 e. The number of hydrogen-bond donors (Lipinski definition) is 0. The summed E-state index contributed by atoms with van der Waals surface area (Å²) >= 11 is 3.04. The Labute approximate surface area is 102 Å². The maximum atomic E-state index is 11.9. The number of aromatic nitrogens is 2. The standard InChI is InChI=1S/C11H12N2OS2/c1-7(2)6-16-11-12-9-8(4-5-15-9)10(14)13(11)3/h4-5H,1,6H2,2-3H3. The van der Waals surface area contributed by atoms with Crippen LogP contribution in [0.4, 0.5) is 0 Å². The molecule has 0 aromatic carbocycles. The highest BCUT2D eigenvalue weighted by atomic mass is 32.2. The topological polar surface area (TPSA) is 34.9 Å². The van der Waals surface area contributed by atoms with Gasteiger partial charge in [0, 0.05) is 12.8 Å². The van der Waals surface area contributed by atoms with Crippen molar-refractivity contribution in [3.8, 4) is 0 Å². The lowest BCUT2D eigenvalue weighted by Gasteiger charge is -2.06. The van der Waals surface area contributed by atoms with E-state index in [9.17, 15) is 4.79 Å². The van der Waals surface area contributed by atoms with Crippen molar-refractivity contribution >= 4 is 33.3 Å². The van der Waals surface area contributed by atoms with Gasteiger partial charge in [-0.25, -0.2) is 4.98 Å². The Hall–Kier alpha value is -1.07. The van der Waals surface area contributed by atoms with Crippen molar-refractivity contribution in [2.45, 2.75) is 12.1 Å². The second kappa shape index (κ2) is 4.43. The van der Waals surface area contributed by atoms with E-state index in [1.54, 1.807) is 23.4 Å². The lowest BCUT2D eigenvalue weighted by molar-refractivity contribution is 0.728. The first-order chi connectivity index (χ1) is 7.59. The van der Waals surface area contributed by atoms with Crippen molar-refractivity contribution in [2.24, 2.45) is 7.05 Å². The molecule has 0 atom stereocenters. The van der Waals surface area contributed by atoms with Crippen LogP contribution in [0.3, 0.4) is 0 Å². The summed E-state index contributed by atoms with van der Waals surface area (Å²) in [6.07, 6.45) is 0. The van der Waals surface area contributed by atoms with Gasteiger partial charge in [0.25, 0.3) is 5.56 Å². The zero-order valence-electron chi connectivity index (χ0n) is 9.19. The van der Waals surface area contributed by atoms with E-state index in [1.165, 1.54) is 11.3 Å². The van der Waals surface area contributed by atoms with Crippen LogP contribution in [-0.4, -0.2) is 15.3 Å². The van der Waals surface area contributed by atoms with E-state index >= 15 is 0 Å². The van der Waals surface area contributed by atoms with Gasteiger partial charge in [0.2, 0.25) is 0 Å². The van der Waals surface area contributed by atoms with E-state index in [0.29, 0.717) is 5.39 Å². The van der Waals surface area contributed by atoms with Gasteiger partial charge in [0.05, 0.1) is 5.39 Å². The number of thioether (sulfide) groups is 1. The molecule has 0 N–H and O–H groups in total. The lowest BCUT2D eigenvalue weighted by atomic mass is 10.4. The Kier molecular flexibility index (Phi) is 3.16. The molecule has 3 nitrogen and oxygen atoms in total. The van der Waals surface area contributed by atoms with Gasteiger partial charge in [-0.2, -0.15) is 0 Å². The minimum atomic E-state index is 0.0236. The second-order valence-electron chi connectivity index (χ2n) is 3.64. The van der Waals surface area contributed by atoms with E-state index in [0.717, 1.165) is 21.3 Å². The normalized spacial score (nSPS) is 10.9. The molecule has 2 aromatic heterocycles. The summed E-state index contributed by atoms with van der Waals surface area (Å²) in [4.78, 5) is 17.2. The minimum absolute atomic E-state index is 0.0236. The van der Waals surface area contributed by atoms with Crippen LogP contribution in [0, 0.1) is 0 Å². The molecule has 0 saturated heterocycles. The highest BCUT2D eigenvalue weighted by molar-refractivity contribution is 7.99. The summed E-state index contributed by atoms with van der Waals surface area (Å²) in [7, 11) is 1.76. The highest BCUT2D eigenvalue weighted by Crippen LogP contribution is 2.21. The molecular formula is C11H12N2OS2. The molecule has 0 amide bonds. The quantitative estimate of drug-likeness (QED) is 0.478. The Bertz CT molecular complexity index is 598. The molecule has 2 rings (SSSR count). The smallest absolute Gasteiger partial charge is 0.262 e. The maximum absolute atomic E-state index is 11.9. The molecule has 84 valence electrons. The van der Waals surface area contributed by atoms with E-state index < -0.39 is 0 Å². The van der Waals surface area contributed by atoms with E-state index in [-0.39, 0.29) is 5.56 Å². The van der Waals surface area contributed by atoms with Crippen LogP contribution < -0.4 is 5.56 Å². The molecule has 0 aliphatic heterocycles. The van der Waals surface area contributed by atoms with Crippen LogP contribution in [-0.2, 0) is 7.05 Å². The van der Waals surface area contributed by atoms with Crippen LogP contribution in [0.25, 0.3) is 10.2 Å². The first-order valence-electron chi connectivity index (χ1n) is 4.81. The minimum Gasteiger partial charge on any atom is -0.290 e. The second-order valence-corrected chi connectivity index (χ2v) is 5.48. The van der Waals surface area contributed by atoms with Crippen LogP contribution >= 0.6 is 23.1 Å². The Balaban J connectivity index is 2.49. The zero-order chi connectivity index (χ0) is 11.7. The van der Waals surface area contributed by atoms with E-state index in [1.807, 2.05) is 18.4 Å². The molecule has 16 heavy (non-hydrogen) atoms. The molecule has 2 heterocycles. The van der Waals surface area contributed by atoms with Crippen LogP contribution in [0.1, 0.15) is 6.92 Å². The third-order valence-corrected chi connectivity index (χ3v) is 4.18. The molecule has 0 bridgehead atoms. The van der Waals surface area contributed by atoms with Crippen LogP contribution in [0.15, 0.2) is 33.5 Å². The number of thiophene rings is 1. The van der Waals surface area contributed by atoms with E-state index in [4.69, 9.17) is 0 Å². The predicted octanol–water partition coefficient (Wildman–Crippen LogP) is 2.66. The van der Waals surface area contributed by atoms with Crippen molar-refractivity contribution in [1.82, 2.24) is 9.55 Å². The maximum Gasteiger partial charge on any atom is 0.262 e. The molecule has 2 aromatic rings. The first kappa shape index (κ1) is 11.4. The zero-order valence-corrected chi connectivity index (χ0v) is 10.8. The van der Waals surface area contributed by atoms with Gasteiger partial charge in [-0.1, -0.05) is 23.9 Å². The molecule has 0 aliphatic carbocycles. The summed E-state index contributed by atoms with van der Waals surface area (Å²) in [5.41, 5.74) is 1.10. The number of rotatable bonds is 3. The molecule has 0 unspecified atom stereocenters. The summed E-state index contributed by atoms with van der Waals surface area (Å²) in [6, 6.07) is 1.82. The van der Waals surface area contributed by atoms with Crippen molar-refractivity contribution in [1.29, 1.82) is 0 Å². The average Bonchev–Trinajstić information content (AvgIpc) is 2.69. The predicted molar refractivity (Wildman–Crippen MR) is 70.4 cm³/mol. The number of hydrogen-bond acceptors (Lipinski definition) is 4. The van der Waals surface area contributed by atoms with Gasteiger partial charge < -0.3 is 0 Å². The van der Waals surface area contributed by atoms with Gasteiger partial charge in [-0.3, -0.25) is 9.36 Å². The molecular weight excluding hydrogens is 240 g/mol. The first-order valence-corrected chi connectivity index (χ1v) is 6.67. The molecule has 0 fully saturated rings. The fraction of sp³-hybridized carbons (Fsp3) is 0.273. The SMILES string of the molecule is C=C(C)CSc1nc2sccc2c(=O)n1C. The molecule has 0 aliphatic rings. The number of nitrogens with zero attached hydrogens (tertiary/aromatic N) is 2. The molecule has 0 saturated carbocycles. The van der Waals surface area contributed by atoms with Crippen LogP contribution in [0.2, 0.25) is 0 Å². The fourth-order valence-electron chi connectivity index (χ4n) is 1.30. The summed E-state index contributed by atoms with van der Waals surface area (Å²) < 4.78 is 1.60. The lowest BCUT2D eigenvalue weighted by Crippen LogP contribution is -2.19. The van der Waals surface area contributed by atoms with Crippen molar-refractivity contribution in [3.05, 3.63) is 34.0 Å². The molecule has 0 radical (unpaired) electrons. The Morgan fingerprint density at radius 2 is 2.44 bits per heavy atom. The Morgan fingerprint density at radius 3 is 3.12 bits per heavy atom. The fourth-order valence-corrected chi connectivity index (χ4v) is 2.92. The van der Waals surface area contributed by atoms with E-state index in [2.05, 4.69) is 11.6 Å². The van der Waals surface area contributed by atoms with Gasteiger partial charge in [0.15, 0.2) is 5.16 Å².